The molecule has 1 amide bonds. The van der Waals surface area contributed by atoms with Crippen LogP contribution in [0.1, 0.15) is 44.0 Å². The van der Waals surface area contributed by atoms with E-state index in [1.54, 1.807) is 0 Å². The third kappa shape index (κ3) is 2.90. The van der Waals surface area contributed by atoms with Gasteiger partial charge in [0, 0.05) is 30.6 Å². The summed E-state index contributed by atoms with van der Waals surface area (Å²) < 4.78 is 25.4. The van der Waals surface area contributed by atoms with Crippen molar-refractivity contribution in [1.82, 2.24) is 0 Å². The van der Waals surface area contributed by atoms with Gasteiger partial charge in [-0.3, -0.25) is 4.79 Å². The van der Waals surface area contributed by atoms with Crippen molar-refractivity contribution in [3.63, 3.8) is 0 Å². The van der Waals surface area contributed by atoms with Gasteiger partial charge in [-0.1, -0.05) is 13.8 Å². The Labute approximate surface area is 140 Å². The van der Waals surface area contributed by atoms with Gasteiger partial charge in [0.2, 0.25) is 5.91 Å². The van der Waals surface area contributed by atoms with Crippen LogP contribution >= 0.6 is 0 Å². The van der Waals surface area contributed by atoms with Crippen molar-refractivity contribution in [3.8, 4) is 0 Å². The quantitative estimate of drug-likeness (QED) is 0.862. The van der Waals surface area contributed by atoms with E-state index in [0.29, 0.717) is 5.69 Å². The molecule has 2 fully saturated rings. The Bertz CT molecular complexity index is 673. The molecule has 24 heavy (non-hydrogen) atoms. The first-order valence-corrected chi connectivity index (χ1v) is 8.20. The molecule has 1 heterocycles. The van der Waals surface area contributed by atoms with E-state index in [-0.39, 0.29) is 35.0 Å². The fourth-order valence-corrected chi connectivity index (χ4v) is 3.86. The summed E-state index contributed by atoms with van der Waals surface area (Å²) in [5.74, 6) is -1.49. The third-order valence-corrected chi connectivity index (χ3v) is 4.96. The fraction of sp³-hybridized carbons (Fsp3) is 0.556. The predicted octanol–water partition coefficient (Wildman–Crippen LogP) is 3.14. The molecule has 0 spiro atoms. The van der Waals surface area contributed by atoms with Crippen molar-refractivity contribution in [1.29, 1.82) is 0 Å². The topological polar surface area (TPSA) is 64.6 Å². The molecule has 0 unspecified atom stereocenters. The second kappa shape index (κ2) is 6.16. The summed E-state index contributed by atoms with van der Waals surface area (Å²) in [5.41, 5.74) is -0.0910. The van der Waals surface area contributed by atoms with Crippen molar-refractivity contribution in [3.05, 3.63) is 29.6 Å². The van der Waals surface area contributed by atoms with Crippen molar-refractivity contribution in [2.45, 2.75) is 45.8 Å². The first-order valence-electron chi connectivity index (χ1n) is 8.20. The number of halogens is 1. The maximum Gasteiger partial charge on any atom is 0.341 e. The number of ether oxygens (including phenoxy) is 2. The second-order valence-electron chi connectivity index (χ2n) is 7.12. The molecule has 3 rings (SSSR count). The Morgan fingerprint density at radius 3 is 2.83 bits per heavy atom. The van der Waals surface area contributed by atoms with Gasteiger partial charge in [0.05, 0.1) is 11.7 Å². The van der Waals surface area contributed by atoms with Crippen LogP contribution in [0.4, 0.5) is 10.1 Å². The van der Waals surface area contributed by atoms with Crippen LogP contribution in [0.3, 0.4) is 0 Å². The second-order valence-corrected chi connectivity index (χ2v) is 7.12. The first-order chi connectivity index (χ1) is 11.3. The van der Waals surface area contributed by atoms with Crippen molar-refractivity contribution in [2.24, 2.45) is 11.3 Å². The highest BCUT2D eigenvalue weighted by Gasteiger charge is 2.60. The van der Waals surface area contributed by atoms with E-state index >= 15 is 0 Å². The highest BCUT2D eigenvalue weighted by Crippen LogP contribution is 2.53. The molecule has 2 aliphatic rings. The average Bonchev–Trinajstić information content (AvgIpc) is 2.53. The predicted molar refractivity (Wildman–Crippen MR) is 86.2 cm³/mol. The summed E-state index contributed by atoms with van der Waals surface area (Å²) in [7, 11) is 0. The molecular formula is C18H22FNO4. The number of nitrogens with one attached hydrogen (secondary N) is 1. The summed E-state index contributed by atoms with van der Waals surface area (Å²) in [6.07, 6.45) is 1.68. The molecule has 1 N–H and O–H groups in total. The first kappa shape index (κ1) is 16.9. The Morgan fingerprint density at radius 2 is 2.12 bits per heavy atom. The summed E-state index contributed by atoms with van der Waals surface area (Å²) in [5, 5.41) is 2.54. The Hall–Kier alpha value is -1.95. The van der Waals surface area contributed by atoms with Crippen LogP contribution in [0.15, 0.2) is 18.2 Å². The largest absolute Gasteiger partial charge is 0.458 e. The molecule has 1 saturated carbocycles. The zero-order valence-corrected chi connectivity index (χ0v) is 14.1. The highest BCUT2D eigenvalue weighted by atomic mass is 19.1. The van der Waals surface area contributed by atoms with Gasteiger partial charge in [0.15, 0.2) is 0 Å². The Balaban J connectivity index is 1.76. The standard InChI is InChI=1S/C18H22FNO4/c1-10(21)20-11-6-7-14(19)13(9-11)17(22)24-16-12-5-4-8-23-15(12)18(16,2)3/h6-7,9,12,15-16H,4-5,8H2,1-3H3,(H,20,21)/t12-,15-,16+/m0/s1. The van der Waals surface area contributed by atoms with Crippen LogP contribution in [-0.4, -0.2) is 30.7 Å². The van der Waals surface area contributed by atoms with Crippen LogP contribution in [0.2, 0.25) is 0 Å². The summed E-state index contributed by atoms with van der Waals surface area (Å²) in [6.45, 7) is 6.09. The normalized spacial score (nSPS) is 27.6. The molecular weight excluding hydrogens is 313 g/mol. The van der Waals surface area contributed by atoms with Gasteiger partial charge < -0.3 is 14.8 Å². The van der Waals surface area contributed by atoms with Gasteiger partial charge in [-0.25, -0.2) is 9.18 Å². The number of hydrogen-bond donors (Lipinski definition) is 1. The van der Waals surface area contributed by atoms with Crippen LogP contribution in [0.25, 0.3) is 0 Å². The summed E-state index contributed by atoms with van der Waals surface area (Å²) >= 11 is 0. The molecule has 1 aliphatic heterocycles. The van der Waals surface area contributed by atoms with Crippen molar-refractivity contribution >= 4 is 17.6 Å². The minimum Gasteiger partial charge on any atom is -0.458 e. The molecule has 0 bridgehead atoms. The lowest BCUT2D eigenvalue weighted by molar-refractivity contribution is -0.243. The van der Waals surface area contributed by atoms with Crippen LogP contribution in [-0.2, 0) is 14.3 Å². The van der Waals surface area contributed by atoms with E-state index < -0.39 is 11.8 Å². The smallest absolute Gasteiger partial charge is 0.341 e. The van der Waals surface area contributed by atoms with E-state index in [4.69, 9.17) is 9.47 Å². The van der Waals surface area contributed by atoms with Crippen LogP contribution in [0.5, 0.6) is 0 Å². The van der Waals surface area contributed by atoms with Gasteiger partial charge in [0.1, 0.15) is 11.9 Å². The SMILES string of the molecule is CC(=O)Nc1ccc(F)c(C(=O)O[C@@H]2[C@H]3CCCO[C@@H]3C2(C)C)c1. The third-order valence-electron chi connectivity index (χ3n) is 4.96. The number of rotatable bonds is 3. The molecule has 1 aromatic carbocycles. The van der Waals surface area contributed by atoms with E-state index in [0.717, 1.165) is 25.5 Å². The van der Waals surface area contributed by atoms with Gasteiger partial charge in [-0.2, -0.15) is 0 Å². The van der Waals surface area contributed by atoms with Crippen LogP contribution < -0.4 is 5.32 Å². The number of esters is 1. The molecule has 1 saturated heterocycles. The van der Waals surface area contributed by atoms with Crippen molar-refractivity contribution < 1.29 is 23.5 Å². The van der Waals surface area contributed by atoms with E-state index in [1.807, 2.05) is 13.8 Å². The minimum absolute atomic E-state index is 0.0830. The monoisotopic (exact) mass is 335 g/mol. The molecule has 3 atom stereocenters. The summed E-state index contributed by atoms with van der Waals surface area (Å²) in [6, 6.07) is 3.87. The number of hydrogen-bond acceptors (Lipinski definition) is 4. The van der Waals surface area contributed by atoms with Crippen molar-refractivity contribution in [2.75, 3.05) is 11.9 Å². The maximum absolute atomic E-state index is 14.0. The van der Waals surface area contributed by atoms with E-state index in [9.17, 15) is 14.0 Å². The zero-order chi connectivity index (χ0) is 17.5. The molecule has 0 radical (unpaired) electrons. The van der Waals surface area contributed by atoms with Gasteiger partial charge in [0.25, 0.3) is 0 Å². The minimum atomic E-state index is -0.707. The number of fused-ring (bicyclic) bond motifs is 1. The molecule has 1 aliphatic carbocycles. The lowest BCUT2D eigenvalue weighted by Gasteiger charge is -2.58. The van der Waals surface area contributed by atoms with E-state index in [1.165, 1.54) is 19.1 Å². The van der Waals surface area contributed by atoms with E-state index in [2.05, 4.69) is 5.32 Å². The average molecular weight is 335 g/mol. The van der Waals surface area contributed by atoms with Gasteiger partial charge in [-0.15, -0.1) is 0 Å². The van der Waals surface area contributed by atoms with Gasteiger partial charge in [-0.05, 0) is 31.0 Å². The number of amides is 1. The van der Waals surface area contributed by atoms with Crippen LogP contribution in [0, 0.1) is 17.2 Å². The lowest BCUT2D eigenvalue weighted by Crippen LogP contribution is -2.65. The maximum atomic E-state index is 14.0. The molecule has 5 nitrogen and oxygen atoms in total. The number of carbonyl (C=O) groups excluding carboxylic acids is 2. The Kier molecular flexibility index (Phi) is 4.34. The molecule has 1 aromatic rings. The fourth-order valence-electron chi connectivity index (χ4n) is 3.86. The number of benzene rings is 1. The van der Waals surface area contributed by atoms with Gasteiger partial charge >= 0.3 is 5.97 Å². The molecule has 0 aromatic heterocycles. The summed E-state index contributed by atoms with van der Waals surface area (Å²) in [4.78, 5) is 23.6. The Morgan fingerprint density at radius 1 is 1.38 bits per heavy atom. The number of carbonyl (C=O) groups is 2. The molecule has 130 valence electrons. The number of anilines is 1. The highest BCUT2D eigenvalue weighted by molar-refractivity contribution is 5.94. The zero-order valence-electron chi connectivity index (χ0n) is 14.1. The lowest BCUT2D eigenvalue weighted by atomic mass is 9.57. The molecule has 6 heteroatoms.